The highest BCUT2D eigenvalue weighted by Crippen LogP contribution is 2.53. The number of alkyl halides is 2. The smallest absolute Gasteiger partial charge is 0.308 e. The third-order valence-electron chi connectivity index (χ3n) is 3.46. The van der Waals surface area contributed by atoms with Crippen LogP contribution >= 0.6 is 0 Å². The van der Waals surface area contributed by atoms with Gasteiger partial charge >= 0.3 is 5.92 Å². The van der Waals surface area contributed by atoms with Gasteiger partial charge in [0.2, 0.25) is 5.78 Å². The summed E-state index contributed by atoms with van der Waals surface area (Å²) in [5.74, 6) is -6.85. The summed E-state index contributed by atoms with van der Waals surface area (Å²) in [5.41, 5.74) is 0. The lowest BCUT2D eigenvalue weighted by molar-refractivity contribution is -0.147. The van der Waals surface area contributed by atoms with Crippen LogP contribution in [0.3, 0.4) is 0 Å². The first-order valence-electron chi connectivity index (χ1n) is 4.68. The maximum absolute atomic E-state index is 13.3. The molecule has 4 atom stereocenters. The number of carbonyl (C=O) groups is 1. The van der Waals surface area contributed by atoms with E-state index in [-0.39, 0.29) is 12.8 Å². The number of hydrogen-bond donors (Lipinski definition) is 2. The fourth-order valence-electron chi connectivity index (χ4n) is 2.79. The topological polar surface area (TPSA) is 57.5 Å². The molecule has 0 radical (unpaired) electrons. The zero-order chi connectivity index (χ0) is 10.5. The van der Waals surface area contributed by atoms with E-state index in [4.69, 9.17) is 5.11 Å². The van der Waals surface area contributed by atoms with Gasteiger partial charge in [0.25, 0.3) is 0 Å². The van der Waals surface area contributed by atoms with Crippen LogP contribution in [-0.2, 0) is 4.79 Å². The standard InChI is InChI=1S/C9H12F2O3/c10-9(11)7(14)2-4-1-6(13)5(3-12)8(4)9/h4-6,8,12-13H,1-3H2. The van der Waals surface area contributed by atoms with Crippen molar-refractivity contribution in [1.82, 2.24) is 0 Å². The molecule has 0 aromatic heterocycles. The third-order valence-corrected chi connectivity index (χ3v) is 3.46. The van der Waals surface area contributed by atoms with E-state index < -0.39 is 42.2 Å². The summed E-state index contributed by atoms with van der Waals surface area (Å²) in [6, 6.07) is 0. The molecule has 0 aliphatic heterocycles. The predicted molar refractivity (Wildman–Crippen MR) is 42.8 cm³/mol. The first-order chi connectivity index (χ1) is 6.48. The van der Waals surface area contributed by atoms with Crippen molar-refractivity contribution in [1.29, 1.82) is 0 Å². The molecule has 5 heteroatoms. The normalized spacial score (nSPS) is 45.6. The monoisotopic (exact) mass is 206 g/mol. The molecule has 2 rings (SSSR count). The summed E-state index contributed by atoms with van der Waals surface area (Å²) >= 11 is 0. The number of carbonyl (C=O) groups excluding carboxylic acids is 1. The van der Waals surface area contributed by atoms with Crippen LogP contribution in [0.2, 0.25) is 0 Å². The molecule has 0 aromatic carbocycles. The second-order valence-electron chi connectivity index (χ2n) is 4.19. The van der Waals surface area contributed by atoms with Crippen LogP contribution in [0.15, 0.2) is 0 Å². The van der Waals surface area contributed by atoms with Crippen LogP contribution < -0.4 is 0 Å². The first-order valence-corrected chi connectivity index (χ1v) is 4.68. The molecule has 0 spiro atoms. The molecular formula is C9H12F2O3. The van der Waals surface area contributed by atoms with Crippen molar-refractivity contribution in [3.8, 4) is 0 Å². The lowest BCUT2D eigenvalue weighted by atomic mass is 9.89. The van der Waals surface area contributed by atoms with Gasteiger partial charge < -0.3 is 10.2 Å². The van der Waals surface area contributed by atoms with E-state index in [1.54, 1.807) is 0 Å². The molecule has 0 amide bonds. The van der Waals surface area contributed by atoms with Gasteiger partial charge in [0.15, 0.2) is 0 Å². The van der Waals surface area contributed by atoms with Crippen molar-refractivity contribution in [2.75, 3.05) is 6.61 Å². The average molecular weight is 206 g/mol. The van der Waals surface area contributed by atoms with Crippen molar-refractivity contribution in [3.63, 3.8) is 0 Å². The van der Waals surface area contributed by atoms with Crippen LogP contribution in [-0.4, -0.2) is 34.6 Å². The highest BCUT2D eigenvalue weighted by molar-refractivity contribution is 5.88. The molecule has 0 bridgehead atoms. The number of Topliss-reactive ketones (excluding diaryl/α,β-unsaturated/α-hetero) is 1. The average Bonchev–Trinajstić information content (AvgIpc) is 2.50. The Morgan fingerprint density at radius 3 is 2.71 bits per heavy atom. The molecule has 2 saturated carbocycles. The van der Waals surface area contributed by atoms with Crippen LogP contribution in [0.4, 0.5) is 8.78 Å². The van der Waals surface area contributed by atoms with Crippen LogP contribution in [0.5, 0.6) is 0 Å². The van der Waals surface area contributed by atoms with E-state index >= 15 is 0 Å². The number of aliphatic hydroxyl groups is 2. The highest BCUT2D eigenvalue weighted by atomic mass is 19.3. The molecule has 0 aromatic rings. The molecule has 4 unspecified atom stereocenters. The summed E-state index contributed by atoms with van der Waals surface area (Å²) in [7, 11) is 0. The molecule has 0 heterocycles. The van der Waals surface area contributed by atoms with Gasteiger partial charge in [0.1, 0.15) is 0 Å². The largest absolute Gasteiger partial charge is 0.396 e. The van der Waals surface area contributed by atoms with Gasteiger partial charge in [-0.05, 0) is 12.3 Å². The Morgan fingerprint density at radius 1 is 1.50 bits per heavy atom. The second-order valence-corrected chi connectivity index (χ2v) is 4.19. The van der Waals surface area contributed by atoms with Gasteiger partial charge in [-0.2, -0.15) is 8.78 Å². The number of halogens is 2. The summed E-state index contributed by atoms with van der Waals surface area (Å²) in [4.78, 5) is 11.0. The maximum atomic E-state index is 13.3. The Hall–Kier alpha value is -0.550. The van der Waals surface area contributed by atoms with Crippen molar-refractivity contribution >= 4 is 5.78 Å². The second kappa shape index (κ2) is 2.97. The quantitative estimate of drug-likeness (QED) is 0.644. The minimum Gasteiger partial charge on any atom is -0.396 e. The summed E-state index contributed by atoms with van der Waals surface area (Å²) in [6.07, 6.45) is -0.850. The fraction of sp³-hybridized carbons (Fsp3) is 0.889. The number of ketones is 1. The molecule has 0 saturated heterocycles. The molecule has 3 nitrogen and oxygen atoms in total. The molecule has 2 fully saturated rings. The lowest BCUT2D eigenvalue weighted by Gasteiger charge is -2.23. The van der Waals surface area contributed by atoms with Crippen LogP contribution in [0.1, 0.15) is 12.8 Å². The van der Waals surface area contributed by atoms with Gasteiger partial charge in [-0.3, -0.25) is 4.79 Å². The number of aliphatic hydroxyl groups excluding tert-OH is 2. The Bertz CT molecular complexity index is 267. The Morgan fingerprint density at radius 2 is 2.14 bits per heavy atom. The van der Waals surface area contributed by atoms with Crippen molar-refractivity contribution in [2.24, 2.45) is 17.8 Å². The summed E-state index contributed by atoms with van der Waals surface area (Å²) < 4.78 is 26.7. The Kier molecular flexibility index (Phi) is 2.12. The highest BCUT2D eigenvalue weighted by Gasteiger charge is 2.63. The predicted octanol–water partition coefficient (Wildman–Crippen LogP) is 0.200. The van der Waals surface area contributed by atoms with E-state index in [2.05, 4.69) is 0 Å². The zero-order valence-corrected chi connectivity index (χ0v) is 7.49. The van der Waals surface area contributed by atoms with Crippen molar-refractivity contribution in [3.05, 3.63) is 0 Å². The molecule has 14 heavy (non-hydrogen) atoms. The van der Waals surface area contributed by atoms with Gasteiger partial charge in [0.05, 0.1) is 6.10 Å². The van der Waals surface area contributed by atoms with Crippen molar-refractivity contribution < 1.29 is 23.8 Å². The molecular weight excluding hydrogens is 194 g/mol. The van der Waals surface area contributed by atoms with E-state index in [1.165, 1.54) is 0 Å². The van der Waals surface area contributed by atoms with Crippen molar-refractivity contribution in [2.45, 2.75) is 24.9 Å². The van der Waals surface area contributed by atoms with Gasteiger partial charge in [-0.1, -0.05) is 0 Å². The molecule has 2 aliphatic rings. The van der Waals surface area contributed by atoms with E-state index in [9.17, 15) is 18.7 Å². The Labute approximate surface area is 79.7 Å². The van der Waals surface area contributed by atoms with Gasteiger partial charge in [-0.15, -0.1) is 0 Å². The van der Waals surface area contributed by atoms with E-state index in [0.717, 1.165) is 0 Å². The molecule has 80 valence electrons. The zero-order valence-electron chi connectivity index (χ0n) is 7.49. The minimum absolute atomic E-state index is 0.161. The Balaban J connectivity index is 2.29. The number of fused-ring (bicyclic) bond motifs is 1. The van der Waals surface area contributed by atoms with Crippen LogP contribution in [0.25, 0.3) is 0 Å². The fourth-order valence-corrected chi connectivity index (χ4v) is 2.79. The summed E-state index contributed by atoms with van der Waals surface area (Å²) in [6.45, 7) is -0.481. The lowest BCUT2D eigenvalue weighted by Crippen LogP contribution is -2.38. The van der Waals surface area contributed by atoms with Crippen LogP contribution in [0, 0.1) is 17.8 Å². The third kappa shape index (κ3) is 1.12. The first kappa shape index (κ1) is 9.98. The molecule has 2 aliphatic carbocycles. The van der Waals surface area contributed by atoms with E-state index in [1.807, 2.05) is 0 Å². The number of hydrogen-bond acceptors (Lipinski definition) is 3. The SMILES string of the molecule is O=C1CC2CC(O)C(CO)C2C1(F)F. The number of rotatable bonds is 1. The molecule has 2 N–H and O–H groups in total. The minimum atomic E-state index is -3.35. The van der Waals surface area contributed by atoms with Gasteiger partial charge in [-0.25, -0.2) is 0 Å². The van der Waals surface area contributed by atoms with Gasteiger partial charge in [0, 0.05) is 24.9 Å². The summed E-state index contributed by atoms with van der Waals surface area (Å²) in [5, 5.41) is 18.3. The maximum Gasteiger partial charge on any atom is 0.308 e. The van der Waals surface area contributed by atoms with E-state index in [0.29, 0.717) is 0 Å².